The second-order valence-electron chi connectivity index (χ2n) is 3.85. The van der Waals surface area contributed by atoms with Gasteiger partial charge >= 0.3 is 0 Å². The minimum atomic E-state index is 0.637. The molecule has 0 spiro atoms. The predicted octanol–water partition coefficient (Wildman–Crippen LogP) is 2.76. The van der Waals surface area contributed by atoms with E-state index in [1.807, 2.05) is 24.3 Å². The van der Waals surface area contributed by atoms with Crippen LogP contribution in [0.15, 0.2) is 28.6 Å². The van der Waals surface area contributed by atoms with Gasteiger partial charge in [-0.1, -0.05) is 41.3 Å². The van der Waals surface area contributed by atoms with Crippen molar-refractivity contribution in [3.63, 3.8) is 0 Å². The maximum atomic E-state index is 9.03. The fraction of sp³-hybridized carbons (Fsp3) is 0.308. The van der Waals surface area contributed by atoms with Crippen LogP contribution in [0, 0.1) is 11.3 Å². The number of nitrogens with zero attached hydrogens (tertiary/aromatic N) is 3. The molecule has 0 radical (unpaired) electrons. The second kappa shape index (κ2) is 7.85. The lowest BCUT2D eigenvalue weighted by atomic mass is 10.1. The number of rotatable bonds is 7. The Morgan fingerprint density at radius 2 is 2.25 bits per heavy atom. The molecule has 0 atom stereocenters. The monoisotopic (exact) mass is 306 g/mol. The molecular formula is C13H14N4OS2. The summed E-state index contributed by atoms with van der Waals surface area (Å²) in [6.07, 6.45) is 0. The highest BCUT2D eigenvalue weighted by molar-refractivity contribution is 8.00. The Hall–Kier alpha value is -1.62. The van der Waals surface area contributed by atoms with Crippen molar-refractivity contribution in [2.45, 2.75) is 10.1 Å². The maximum Gasteiger partial charge on any atom is 0.206 e. The van der Waals surface area contributed by atoms with E-state index in [0.29, 0.717) is 18.7 Å². The number of aromatic nitrogens is 2. The maximum absolute atomic E-state index is 9.03. The summed E-state index contributed by atoms with van der Waals surface area (Å²) in [5.74, 6) is 0.719. The van der Waals surface area contributed by atoms with Crippen molar-refractivity contribution in [2.75, 3.05) is 25.6 Å². The van der Waals surface area contributed by atoms with Crippen molar-refractivity contribution in [2.24, 2.45) is 0 Å². The number of hydrogen-bond acceptors (Lipinski definition) is 7. The van der Waals surface area contributed by atoms with E-state index in [4.69, 9.17) is 10.00 Å². The fourth-order valence-corrected chi connectivity index (χ4v) is 3.28. The van der Waals surface area contributed by atoms with Crippen molar-refractivity contribution in [1.29, 1.82) is 5.26 Å². The van der Waals surface area contributed by atoms with Gasteiger partial charge in [-0.05, 0) is 11.6 Å². The smallest absolute Gasteiger partial charge is 0.206 e. The molecule has 0 amide bonds. The molecule has 1 heterocycles. The quantitative estimate of drug-likeness (QED) is 0.626. The first-order valence-electron chi connectivity index (χ1n) is 6.00. The Kier molecular flexibility index (Phi) is 5.80. The third kappa shape index (κ3) is 4.20. The lowest BCUT2D eigenvalue weighted by Gasteiger charge is -2.00. The molecule has 1 N–H and O–H groups in total. The minimum Gasteiger partial charge on any atom is -0.383 e. The van der Waals surface area contributed by atoms with Crippen molar-refractivity contribution in [3.8, 4) is 6.07 Å². The van der Waals surface area contributed by atoms with Crippen LogP contribution in [-0.2, 0) is 10.5 Å². The summed E-state index contributed by atoms with van der Waals surface area (Å²) in [7, 11) is 1.66. The Morgan fingerprint density at radius 3 is 3.05 bits per heavy atom. The van der Waals surface area contributed by atoms with Crippen molar-refractivity contribution < 1.29 is 4.74 Å². The topological polar surface area (TPSA) is 70.8 Å². The molecule has 7 heteroatoms. The SMILES string of the molecule is COCCNc1nnc(SCc2ccccc2C#N)s1. The molecule has 2 aromatic rings. The zero-order valence-electron chi connectivity index (χ0n) is 11.0. The van der Waals surface area contributed by atoms with Gasteiger partial charge in [-0.3, -0.25) is 0 Å². The molecule has 1 aromatic carbocycles. The standard InChI is InChI=1S/C13H14N4OS2/c1-18-7-6-15-12-16-17-13(20-12)19-9-11-5-3-2-4-10(11)8-14/h2-5H,6-7,9H2,1H3,(H,15,16). The molecule has 20 heavy (non-hydrogen) atoms. The summed E-state index contributed by atoms with van der Waals surface area (Å²) < 4.78 is 5.85. The Balaban J connectivity index is 1.89. The molecule has 0 saturated carbocycles. The molecule has 0 aliphatic heterocycles. The first-order chi connectivity index (χ1) is 9.83. The van der Waals surface area contributed by atoms with Crippen LogP contribution in [0.25, 0.3) is 0 Å². The Labute approximate surface area is 126 Å². The molecule has 0 bridgehead atoms. The van der Waals surface area contributed by atoms with Gasteiger partial charge in [0.15, 0.2) is 4.34 Å². The summed E-state index contributed by atoms with van der Waals surface area (Å²) in [4.78, 5) is 0. The molecule has 0 unspecified atom stereocenters. The Morgan fingerprint density at radius 1 is 1.40 bits per heavy atom. The molecule has 0 fully saturated rings. The van der Waals surface area contributed by atoms with Crippen LogP contribution in [0.2, 0.25) is 0 Å². The van der Waals surface area contributed by atoms with Crippen molar-refractivity contribution in [3.05, 3.63) is 35.4 Å². The van der Waals surface area contributed by atoms with E-state index < -0.39 is 0 Å². The summed E-state index contributed by atoms with van der Waals surface area (Å²) in [6.45, 7) is 1.35. The van der Waals surface area contributed by atoms with Crippen LogP contribution in [0.5, 0.6) is 0 Å². The minimum absolute atomic E-state index is 0.637. The van der Waals surface area contributed by atoms with E-state index in [9.17, 15) is 0 Å². The van der Waals surface area contributed by atoms with Gasteiger partial charge in [0.25, 0.3) is 0 Å². The Bertz CT molecular complexity index is 594. The number of nitriles is 1. The lowest BCUT2D eigenvalue weighted by Crippen LogP contribution is -2.06. The molecule has 0 saturated heterocycles. The van der Waals surface area contributed by atoms with Crippen LogP contribution < -0.4 is 5.32 Å². The van der Waals surface area contributed by atoms with Crippen LogP contribution >= 0.6 is 23.1 Å². The number of ether oxygens (including phenoxy) is 1. The van der Waals surface area contributed by atoms with Gasteiger partial charge in [-0.15, -0.1) is 10.2 Å². The third-order valence-electron chi connectivity index (χ3n) is 2.48. The second-order valence-corrected chi connectivity index (χ2v) is 6.05. The predicted molar refractivity (Wildman–Crippen MR) is 81.0 cm³/mol. The zero-order chi connectivity index (χ0) is 14.2. The molecule has 0 aliphatic rings. The fourth-order valence-electron chi connectivity index (χ4n) is 1.49. The van der Waals surface area contributed by atoms with Gasteiger partial charge in [-0.2, -0.15) is 5.26 Å². The normalized spacial score (nSPS) is 10.2. The van der Waals surface area contributed by atoms with Gasteiger partial charge in [0.1, 0.15) is 0 Å². The summed E-state index contributed by atoms with van der Waals surface area (Å²) in [5, 5.41) is 21.1. The molecule has 5 nitrogen and oxygen atoms in total. The van der Waals surface area contributed by atoms with Crippen LogP contribution in [0.4, 0.5) is 5.13 Å². The number of benzene rings is 1. The molecule has 104 valence electrons. The first kappa shape index (κ1) is 14.8. The average molecular weight is 306 g/mol. The van der Waals surface area contributed by atoms with Crippen LogP contribution in [-0.4, -0.2) is 30.5 Å². The number of nitrogens with one attached hydrogen (secondary N) is 1. The van der Waals surface area contributed by atoms with Gasteiger partial charge in [0, 0.05) is 19.4 Å². The number of anilines is 1. The highest BCUT2D eigenvalue weighted by Crippen LogP contribution is 2.28. The summed E-state index contributed by atoms with van der Waals surface area (Å²) in [5.41, 5.74) is 1.73. The van der Waals surface area contributed by atoms with Gasteiger partial charge < -0.3 is 10.1 Å². The number of hydrogen-bond donors (Lipinski definition) is 1. The van der Waals surface area contributed by atoms with E-state index >= 15 is 0 Å². The van der Waals surface area contributed by atoms with Crippen molar-refractivity contribution in [1.82, 2.24) is 10.2 Å². The first-order valence-corrected chi connectivity index (χ1v) is 7.81. The number of thioether (sulfide) groups is 1. The number of methoxy groups -OCH3 is 1. The summed E-state index contributed by atoms with van der Waals surface area (Å²) in [6, 6.07) is 9.80. The largest absolute Gasteiger partial charge is 0.383 e. The van der Waals surface area contributed by atoms with Crippen LogP contribution in [0.1, 0.15) is 11.1 Å². The highest BCUT2D eigenvalue weighted by Gasteiger charge is 2.06. The van der Waals surface area contributed by atoms with E-state index in [2.05, 4.69) is 21.6 Å². The van der Waals surface area contributed by atoms with E-state index in [0.717, 1.165) is 20.8 Å². The van der Waals surface area contributed by atoms with E-state index in [-0.39, 0.29) is 0 Å². The van der Waals surface area contributed by atoms with Gasteiger partial charge in [-0.25, -0.2) is 0 Å². The van der Waals surface area contributed by atoms with Gasteiger partial charge in [0.2, 0.25) is 5.13 Å². The molecule has 1 aromatic heterocycles. The van der Waals surface area contributed by atoms with Crippen molar-refractivity contribution >= 4 is 28.2 Å². The highest BCUT2D eigenvalue weighted by atomic mass is 32.2. The van der Waals surface area contributed by atoms with Crippen LogP contribution in [0.3, 0.4) is 0 Å². The average Bonchev–Trinajstić information content (AvgIpc) is 2.93. The molecular weight excluding hydrogens is 292 g/mol. The third-order valence-corrected chi connectivity index (χ3v) is 4.54. The van der Waals surface area contributed by atoms with E-state index in [1.54, 1.807) is 18.9 Å². The summed E-state index contributed by atoms with van der Waals surface area (Å²) >= 11 is 3.09. The molecule has 2 rings (SSSR count). The van der Waals surface area contributed by atoms with Gasteiger partial charge in [0.05, 0.1) is 18.2 Å². The zero-order valence-corrected chi connectivity index (χ0v) is 12.6. The molecule has 0 aliphatic carbocycles. The van der Waals surface area contributed by atoms with E-state index in [1.165, 1.54) is 11.3 Å². The lowest BCUT2D eigenvalue weighted by molar-refractivity contribution is 0.211.